The number of alkyl halides is 3. The van der Waals surface area contributed by atoms with Crippen LogP contribution in [0.3, 0.4) is 0 Å². The number of rotatable bonds is 2. The quantitative estimate of drug-likeness (QED) is 0.696. The smallest absolute Gasteiger partial charge is 0.324 e. The first-order chi connectivity index (χ1) is 7.77. The second kappa shape index (κ2) is 5.08. The van der Waals surface area contributed by atoms with Gasteiger partial charge >= 0.3 is 6.18 Å². The lowest BCUT2D eigenvalue weighted by molar-refractivity contribution is -0.200. The molecule has 1 aliphatic rings. The molecule has 0 aromatic carbocycles. The van der Waals surface area contributed by atoms with Crippen LogP contribution in [0.15, 0.2) is 12.7 Å². The van der Waals surface area contributed by atoms with Crippen LogP contribution in [-0.4, -0.2) is 53.6 Å². The van der Waals surface area contributed by atoms with Gasteiger partial charge < -0.3 is 4.90 Å². The van der Waals surface area contributed by atoms with Crippen LogP contribution in [0.5, 0.6) is 0 Å². The van der Waals surface area contributed by atoms with Crippen LogP contribution in [0.2, 0.25) is 0 Å². The molecule has 1 aliphatic heterocycles. The average Bonchev–Trinajstić information content (AvgIpc) is 2.26. The van der Waals surface area contributed by atoms with Crippen LogP contribution in [0, 0.1) is 0 Å². The van der Waals surface area contributed by atoms with E-state index in [1.807, 2.05) is 13.8 Å². The fourth-order valence-corrected chi connectivity index (χ4v) is 1.93. The van der Waals surface area contributed by atoms with Gasteiger partial charge in [0.15, 0.2) is 0 Å². The van der Waals surface area contributed by atoms with E-state index < -0.39 is 18.1 Å². The molecular formula is C11H17F3N2O. The first-order valence-electron chi connectivity index (χ1n) is 5.51. The third kappa shape index (κ3) is 3.21. The third-order valence-electron chi connectivity index (χ3n) is 2.98. The molecule has 3 nitrogen and oxygen atoms in total. The molecule has 0 aliphatic carbocycles. The first kappa shape index (κ1) is 14.0. The van der Waals surface area contributed by atoms with Crippen LogP contribution in [0.1, 0.15) is 13.8 Å². The highest BCUT2D eigenvalue weighted by Gasteiger charge is 2.47. The van der Waals surface area contributed by atoms with Gasteiger partial charge in [0.25, 0.3) is 0 Å². The van der Waals surface area contributed by atoms with Gasteiger partial charge in [0, 0.05) is 25.7 Å². The largest absolute Gasteiger partial charge is 0.410 e. The van der Waals surface area contributed by atoms with Crippen molar-refractivity contribution >= 4 is 5.91 Å². The lowest BCUT2D eigenvalue weighted by atomic mass is 10.1. The number of nitrogens with zero attached hydrogens (tertiary/aromatic N) is 2. The lowest BCUT2D eigenvalue weighted by Gasteiger charge is -2.43. The second-order valence-corrected chi connectivity index (χ2v) is 4.38. The Bertz CT molecular complexity index is 302. The Morgan fingerprint density at radius 2 is 2.00 bits per heavy atom. The van der Waals surface area contributed by atoms with E-state index in [1.165, 1.54) is 0 Å². The minimum atomic E-state index is -4.40. The highest BCUT2D eigenvalue weighted by Crippen LogP contribution is 2.28. The summed E-state index contributed by atoms with van der Waals surface area (Å²) in [5, 5.41) is 0. The summed E-state index contributed by atoms with van der Waals surface area (Å²) in [4.78, 5) is 14.0. The van der Waals surface area contributed by atoms with E-state index >= 15 is 0 Å². The molecule has 17 heavy (non-hydrogen) atoms. The highest BCUT2D eigenvalue weighted by molar-refractivity contribution is 5.87. The maximum Gasteiger partial charge on any atom is 0.410 e. The molecule has 1 heterocycles. The summed E-state index contributed by atoms with van der Waals surface area (Å²) in [6, 6.07) is -1.69. The van der Waals surface area contributed by atoms with Gasteiger partial charge in [-0.05, 0) is 19.9 Å². The van der Waals surface area contributed by atoms with E-state index in [4.69, 9.17) is 0 Å². The Labute approximate surface area is 98.9 Å². The third-order valence-corrected chi connectivity index (χ3v) is 2.98. The van der Waals surface area contributed by atoms with E-state index in [0.29, 0.717) is 6.54 Å². The Morgan fingerprint density at radius 3 is 2.41 bits per heavy atom. The van der Waals surface area contributed by atoms with Crippen LogP contribution in [0.4, 0.5) is 13.2 Å². The lowest BCUT2D eigenvalue weighted by Crippen LogP contribution is -2.61. The molecule has 0 saturated carbocycles. The summed E-state index contributed by atoms with van der Waals surface area (Å²) in [7, 11) is 0. The minimum Gasteiger partial charge on any atom is -0.324 e. The van der Waals surface area contributed by atoms with Crippen LogP contribution in [0.25, 0.3) is 0 Å². The molecule has 1 saturated heterocycles. The summed E-state index contributed by atoms with van der Waals surface area (Å²) in [6.45, 7) is 7.31. The van der Waals surface area contributed by atoms with Gasteiger partial charge in [0.05, 0.1) is 0 Å². The van der Waals surface area contributed by atoms with Crippen molar-refractivity contribution in [2.24, 2.45) is 0 Å². The fraction of sp³-hybridized carbons (Fsp3) is 0.727. The summed E-state index contributed by atoms with van der Waals surface area (Å²) in [6.07, 6.45) is -3.46. The number of piperazine rings is 1. The predicted octanol–water partition coefficient (Wildman–Crippen LogP) is 1.66. The molecule has 0 aromatic rings. The monoisotopic (exact) mass is 250 g/mol. The van der Waals surface area contributed by atoms with Crippen LogP contribution in [-0.2, 0) is 4.79 Å². The molecular weight excluding hydrogens is 233 g/mol. The molecule has 0 aromatic heterocycles. The number of hydrogen-bond acceptors (Lipinski definition) is 2. The van der Waals surface area contributed by atoms with Gasteiger partial charge in [-0.15, -0.1) is 0 Å². The molecule has 1 fully saturated rings. The molecule has 0 spiro atoms. The van der Waals surface area contributed by atoms with E-state index in [0.717, 1.165) is 11.0 Å². The summed E-state index contributed by atoms with van der Waals surface area (Å²) in [5.74, 6) is -0.657. The van der Waals surface area contributed by atoms with Crippen molar-refractivity contribution in [3.05, 3.63) is 12.7 Å². The first-order valence-corrected chi connectivity index (χ1v) is 5.51. The topological polar surface area (TPSA) is 23.6 Å². The van der Waals surface area contributed by atoms with E-state index in [2.05, 4.69) is 6.58 Å². The van der Waals surface area contributed by atoms with Crippen LogP contribution >= 0.6 is 0 Å². The summed E-state index contributed by atoms with van der Waals surface area (Å²) < 4.78 is 38.6. The fourth-order valence-electron chi connectivity index (χ4n) is 1.93. The van der Waals surface area contributed by atoms with Crippen molar-refractivity contribution in [1.29, 1.82) is 0 Å². The van der Waals surface area contributed by atoms with Crippen molar-refractivity contribution in [3.8, 4) is 0 Å². The number of halogens is 3. The maximum absolute atomic E-state index is 12.9. The Hall–Kier alpha value is -1.04. The predicted molar refractivity (Wildman–Crippen MR) is 58.5 cm³/mol. The molecule has 0 unspecified atom stereocenters. The van der Waals surface area contributed by atoms with E-state index in [9.17, 15) is 18.0 Å². The van der Waals surface area contributed by atoms with Crippen molar-refractivity contribution in [2.45, 2.75) is 32.1 Å². The molecule has 1 amide bonds. The van der Waals surface area contributed by atoms with Crippen molar-refractivity contribution < 1.29 is 18.0 Å². The Morgan fingerprint density at radius 1 is 1.41 bits per heavy atom. The zero-order valence-electron chi connectivity index (χ0n) is 10.00. The van der Waals surface area contributed by atoms with Gasteiger partial charge in [0.1, 0.15) is 6.04 Å². The van der Waals surface area contributed by atoms with Gasteiger partial charge in [0.2, 0.25) is 5.91 Å². The zero-order valence-corrected chi connectivity index (χ0v) is 10.00. The number of carbonyl (C=O) groups excluding carboxylic acids is 1. The van der Waals surface area contributed by atoms with Crippen molar-refractivity contribution in [3.63, 3.8) is 0 Å². The normalized spacial score (nSPS) is 22.9. The molecule has 6 heteroatoms. The van der Waals surface area contributed by atoms with Crippen molar-refractivity contribution in [2.75, 3.05) is 19.6 Å². The average molecular weight is 250 g/mol. The van der Waals surface area contributed by atoms with Gasteiger partial charge in [-0.3, -0.25) is 9.69 Å². The SMILES string of the molecule is C=CC(=O)N1CCN(C(C)C)C[C@H]1C(F)(F)F. The summed E-state index contributed by atoms with van der Waals surface area (Å²) in [5.41, 5.74) is 0. The molecule has 0 radical (unpaired) electrons. The Kier molecular flexibility index (Phi) is 4.19. The van der Waals surface area contributed by atoms with Gasteiger partial charge in [-0.25, -0.2) is 0 Å². The molecule has 0 bridgehead atoms. The van der Waals surface area contributed by atoms with Gasteiger partial charge in [-0.2, -0.15) is 13.2 Å². The number of hydrogen-bond donors (Lipinski definition) is 0. The number of amides is 1. The van der Waals surface area contributed by atoms with Crippen LogP contribution < -0.4 is 0 Å². The standard InChI is InChI=1S/C11H17F3N2O/c1-4-10(17)16-6-5-15(8(2)3)7-9(16)11(12,13)14/h4,8-9H,1,5-7H2,2-3H3/t9-/m0/s1. The Balaban J connectivity index is 2.87. The van der Waals surface area contributed by atoms with E-state index in [1.54, 1.807) is 4.90 Å². The molecule has 0 N–H and O–H groups in total. The zero-order chi connectivity index (χ0) is 13.2. The highest BCUT2D eigenvalue weighted by atomic mass is 19.4. The van der Waals surface area contributed by atoms with Crippen molar-refractivity contribution in [1.82, 2.24) is 9.80 Å². The number of carbonyl (C=O) groups is 1. The minimum absolute atomic E-state index is 0.0424. The second-order valence-electron chi connectivity index (χ2n) is 4.38. The molecule has 1 rings (SSSR count). The van der Waals surface area contributed by atoms with Gasteiger partial charge in [-0.1, -0.05) is 6.58 Å². The molecule has 1 atom stereocenters. The van der Waals surface area contributed by atoms with E-state index in [-0.39, 0.29) is 19.1 Å². The molecule has 98 valence electrons. The maximum atomic E-state index is 12.9. The summed E-state index contributed by atoms with van der Waals surface area (Å²) >= 11 is 0.